The van der Waals surface area contributed by atoms with Crippen molar-refractivity contribution in [3.8, 4) is 0 Å². The minimum Gasteiger partial charge on any atom is -0.319 e. The number of hydrogen-bond donors (Lipinski definition) is 1. The maximum atomic E-state index is 12.3. The first-order valence-corrected chi connectivity index (χ1v) is 9.67. The van der Waals surface area contributed by atoms with E-state index >= 15 is 0 Å². The average molecular weight is 339 g/mol. The minimum atomic E-state index is -3.43. The highest BCUT2D eigenvalue weighted by molar-refractivity contribution is 7.89. The molecule has 1 aliphatic rings. The van der Waals surface area contributed by atoms with Crippen molar-refractivity contribution in [2.75, 3.05) is 11.6 Å². The van der Waals surface area contributed by atoms with E-state index in [1.807, 2.05) is 6.07 Å². The molecule has 6 nitrogen and oxygen atoms in total. The van der Waals surface area contributed by atoms with Crippen LogP contribution < -0.4 is 5.32 Å². The Balaban J connectivity index is 1.76. The average Bonchev–Trinajstić information content (AvgIpc) is 3.03. The zero-order valence-electron chi connectivity index (χ0n) is 12.4. The van der Waals surface area contributed by atoms with Crippen molar-refractivity contribution in [2.45, 2.75) is 26.2 Å². The molecule has 0 saturated heterocycles. The number of hydrogen-bond acceptors (Lipinski definition) is 5. The summed E-state index contributed by atoms with van der Waals surface area (Å²) in [6, 6.07) is 1.95. The van der Waals surface area contributed by atoms with Gasteiger partial charge in [0.1, 0.15) is 0 Å². The van der Waals surface area contributed by atoms with Crippen molar-refractivity contribution in [2.24, 2.45) is 5.92 Å². The van der Waals surface area contributed by atoms with Crippen LogP contribution in [0.1, 0.15) is 33.5 Å². The van der Waals surface area contributed by atoms with Gasteiger partial charge in [0.2, 0.25) is 0 Å². The predicted octanol–water partition coefficient (Wildman–Crippen LogP) is 2.13. The van der Waals surface area contributed by atoms with Gasteiger partial charge in [-0.3, -0.25) is 4.79 Å². The lowest BCUT2D eigenvalue weighted by molar-refractivity contribution is 0.103. The van der Waals surface area contributed by atoms with Crippen molar-refractivity contribution >= 4 is 33.0 Å². The molecule has 8 heteroatoms. The zero-order chi connectivity index (χ0) is 15.9. The largest absolute Gasteiger partial charge is 0.319 e. The molecule has 2 aromatic heterocycles. The molecule has 0 fully saturated rings. The summed E-state index contributed by atoms with van der Waals surface area (Å²) in [6.45, 7) is 2.22. The van der Waals surface area contributed by atoms with Gasteiger partial charge < -0.3 is 5.32 Å². The molecule has 2 heterocycles. The molecule has 0 spiro atoms. The number of carbonyl (C=O) groups is 1. The van der Waals surface area contributed by atoms with Crippen LogP contribution in [0, 0.1) is 5.92 Å². The van der Waals surface area contributed by atoms with Crippen LogP contribution in [0.3, 0.4) is 0 Å². The van der Waals surface area contributed by atoms with Crippen LogP contribution in [0.4, 0.5) is 5.69 Å². The van der Waals surface area contributed by atoms with E-state index in [9.17, 15) is 13.2 Å². The third-order valence-corrected chi connectivity index (χ3v) is 5.83. The molecule has 1 N–H and O–H groups in total. The van der Waals surface area contributed by atoms with Crippen molar-refractivity contribution in [1.29, 1.82) is 0 Å². The van der Waals surface area contributed by atoms with E-state index in [-0.39, 0.29) is 5.91 Å². The van der Waals surface area contributed by atoms with Gasteiger partial charge in [-0.1, -0.05) is 6.92 Å². The fourth-order valence-corrected chi connectivity index (χ4v) is 4.19. The maximum Gasteiger partial charge on any atom is 0.265 e. The lowest BCUT2D eigenvalue weighted by Crippen LogP contribution is -2.11. The second kappa shape index (κ2) is 5.51. The molecule has 3 rings (SSSR count). The van der Waals surface area contributed by atoms with E-state index in [4.69, 9.17) is 0 Å². The number of aromatic nitrogens is 2. The number of fused-ring (bicyclic) bond motifs is 1. The first kappa shape index (κ1) is 15.2. The summed E-state index contributed by atoms with van der Waals surface area (Å²) in [6.07, 6.45) is 6.89. The molecule has 118 valence electrons. The van der Waals surface area contributed by atoms with Crippen LogP contribution in [0.15, 0.2) is 18.5 Å². The Bertz CT molecular complexity index is 820. The lowest BCUT2D eigenvalue weighted by Gasteiger charge is -2.16. The first-order valence-electron chi connectivity index (χ1n) is 7.01. The van der Waals surface area contributed by atoms with Gasteiger partial charge in [0.25, 0.3) is 15.9 Å². The summed E-state index contributed by atoms with van der Waals surface area (Å²) < 4.78 is 23.5. The van der Waals surface area contributed by atoms with Crippen LogP contribution in [0.2, 0.25) is 0 Å². The molecular formula is C14H17N3O3S2. The molecule has 0 aromatic carbocycles. The number of thiophene rings is 1. The molecule has 0 radical (unpaired) electrons. The smallest absolute Gasteiger partial charge is 0.265 e. The number of aryl methyl sites for hydroxylation is 1. The lowest BCUT2D eigenvalue weighted by atomic mass is 9.90. The first-order chi connectivity index (χ1) is 10.3. The van der Waals surface area contributed by atoms with E-state index in [1.165, 1.54) is 34.2 Å². The van der Waals surface area contributed by atoms with E-state index < -0.39 is 10.0 Å². The van der Waals surface area contributed by atoms with Crippen LogP contribution in [-0.2, 0) is 22.9 Å². The fraction of sp³-hybridized carbons (Fsp3) is 0.429. The van der Waals surface area contributed by atoms with Crippen LogP contribution in [0.5, 0.6) is 0 Å². The molecule has 1 atom stereocenters. The normalized spacial score (nSPS) is 18.0. The van der Waals surface area contributed by atoms with E-state index in [0.29, 0.717) is 16.5 Å². The third kappa shape index (κ3) is 3.07. The van der Waals surface area contributed by atoms with Crippen LogP contribution in [0.25, 0.3) is 0 Å². The molecule has 1 amide bonds. The molecule has 1 aliphatic carbocycles. The van der Waals surface area contributed by atoms with Gasteiger partial charge >= 0.3 is 0 Å². The summed E-state index contributed by atoms with van der Waals surface area (Å²) >= 11 is 1.52. The number of rotatable bonds is 3. The highest BCUT2D eigenvalue weighted by Crippen LogP contribution is 2.32. The number of anilines is 1. The zero-order valence-corrected chi connectivity index (χ0v) is 14.0. The number of nitrogens with one attached hydrogen (secondary N) is 1. The monoisotopic (exact) mass is 339 g/mol. The Morgan fingerprint density at radius 1 is 1.50 bits per heavy atom. The summed E-state index contributed by atoms with van der Waals surface area (Å²) in [5.74, 6) is 0.436. The van der Waals surface area contributed by atoms with Gasteiger partial charge in [-0.15, -0.1) is 11.3 Å². The molecule has 0 saturated carbocycles. The van der Waals surface area contributed by atoms with Crippen molar-refractivity contribution in [3.05, 3.63) is 33.8 Å². The van der Waals surface area contributed by atoms with E-state index in [1.54, 1.807) is 0 Å². The molecule has 0 aliphatic heterocycles. The molecule has 0 bridgehead atoms. The summed E-state index contributed by atoms with van der Waals surface area (Å²) in [7, 11) is -3.43. The fourth-order valence-electron chi connectivity index (χ4n) is 2.56. The quantitative estimate of drug-likeness (QED) is 0.929. The molecule has 1 unspecified atom stereocenters. The minimum absolute atomic E-state index is 0.222. The Kier molecular flexibility index (Phi) is 3.82. The van der Waals surface area contributed by atoms with E-state index in [0.717, 1.165) is 29.6 Å². The third-order valence-electron chi connectivity index (χ3n) is 3.71. The second-order valence-electron chi connectivity index (χ2n) is 5.73. The molecule has 22 heavy (non-hydrogen) atoms. The van der Waals surface area contributed by atoms with Gasteiger partial charge in [-0.25, -0.2) is 8.42 Å². The van der Waals surface area contributed by atoms with Crippen molar-refractivity contribution < 1.29 is 13.2 Å². The van der Waals surface area contributed by atoms with Crippen molar-refractivity contribution in [1.82, 2.24) is 9.19 Å². The standard InChI is InChI=1S/C14H17N3O3S2/c1-9-3-4-12-10(5-9)6-13(21-12)14(18)16-11-7-15-17(8-11)22(2,19)20/h6-9H,3-5H2,1-2H3,(H,16,18). The highest BCUT2D eigenvalue weighted by atomic mass is 32.2. The topological polar surface area (TPSA) is 81.1 Å². The maximum absolute atomic E-state index is 12.3. The number of carbonyl (C=O) groups excluding carboxylic acids is 1. The number of amides is 1. The molecular weight excluding hydrogens is 322 g/mol. The van der Waals surface area contributed by atoms with E-state index in [2.05, 4.69) is 17.3 Å². The Morgan fingerprint density at radius 2 is 2.27 bits per heavy atom. The predicted molar refractivity (Wildman–Crippen MR) is 85.9 cm³/mol. The molecule has 2 aromatic rings. The summed E-state index contributed by atoms with van der Waals surface area (Å²) in [5.41, 5.74) is 1.64. The Labute approximate surface area is 133 Å². The SMILES string of the molecule is CC1CCc2sc(C(=O)Nc3cnn(S(C)(=O)=O)c3)cc2C1. The van der Waals surface area contributed by atoms with Crippen molar-refractivity contribution in [3.63, 3.8) is 0 Å². The van der Waals surface area contributed by atoms with Gasteiger partial charge in [0.05, 0.1) is 29.2 Å². The number of nitrogens with zero attached hydrogens (tertiary/aromatic N) is 2. The highest BCUT2D eigenvalue weighted by Gasteiger charge is 2.21. The summed E-state index contributed by atoms with van der Waals surface area (Å²) in [4.78, 5) is 14.2. The van der Waals surface area contributed by atoms with Gasteiger partial charge in [0, 0.05) is 4.88 Å². The van der Waals surface area contributed by atoms with Gasteiger partial charge in [0.15, 0.2) is 0 Å². The van der Waals surface area contributed by atoms with Gasteiger partial charge in [-0.2, -0.15) is 9.19 Å². The summed E-state index contributed by atoms with van der Waals surface area (Å²) in [5, 5.41) is 6.42. The Morgan fingerprint density at radius 3 is 2.95 bits per heavy atom. The van der Waals surface area contributed by atoms with Crippen LogP contribution >= 0.6 is 11.3 Å². The Hall–Kier alpha value is -1.67. The van der Waals surface area contributed by atoms with Crippen LogP contribution in [-0.4, -0.2) is 29.8 Å². The van der Waals surface area contributed by atoms with Gasteiger partial charge in [-0.05, 0) is 36.8 Å². The second-order valence-corrected chi connectivity index (χ2v) is 8.70.